The Kier molecular flexibility index (Phi) is 5.19. The Balaban J connectivity index is 1.42. The molecule has 7 nitrogen and oxygen atoms in total. The van der Waals surface area contributed by atoms with Crippen LogP contribution in [0, 0.1) is 16.7 Å². The zero-order valence-corrected chi connectivity index (χ0v) is 17.9. The van der Waals surface area contributed by atoms with E-state index in [1.807, 2.05) is 6.07 Å². The lowest BCUT2D eigenvalue weighted by atomic mass is 9.92. The number of piperidine rings is 1. The number of nitrogens with zero attached hydrogens (tertiary/aromatic N) is 3. The second kappa shape index (κ2) is 8.01. The number of pyridine rings is 1. The third kappa shape index (κ3) is 3.92. The monoisotopic (exact) mass is 419 g/mol. The smallest absolute Gasteiger partial charge is 0.268 e. The van der Waals surface area contributed by atoms with Crippen molar-refractivity contribution in [3.63, 3.8) is 0 Å². The van der Waals surface area contributed by atoms with Gasteiger partial charge in [0, 0.05) is 37.1 Å². The summed E-state index contributed by atoms with van der Waals surface area (Å²) in [5.41, 5.74) is 2.19. The summed E-state index contributed by atoms with van der Waals surface area (Å²) in [6.07, 6.45) is 7.26. The topological polar surface area (TPSA) is 92.2 Å². The largest absolute Gasteiger partial charge is 0.370 e. The number of benzene rings is 1. The number of hydrogen-bond donors (Lipinski definition) is 2. The Morgan fingerprint density at radius 3 is 2.55 bits per heavy atom. The van der Waals surface area contributed by atoms with Crippen LogP contribution in [0.15, 0.2) is 23.0 Å². The molecular formula is C24H29N5O2. The van der Waals surface area contributed by atoms with E-state index in [4.69, 9.17) is 0 Å². The molecule has 0 bridgehead atoms. The first-order valence-corrected chi connectivity index (χ1v) is 11.4. The molecule has 2 aromatic rings. The van der Waals surface area contributed by atoms with Crippen LogP contribution in [0.25, 0.3) is 10.9 Å². The summed E-state index contributed by atoms with van der Waals surface area (Å²) in [6, 6.07) is 7.47. The van der Waals surface area contributed by atoms with Crippen molar-refractivity contribution in [3.8, 4) is 6.07 Å². The van der Waals surface area contributed by atoms with Crippen molar-refractivity contribution in [1.29, 1.82) is 5.26 Å². The summed E-state index contributed by atoms with van der Waals surface area (Å²) in [4.78, 5) is 32.7. The Hall–Kier alpha value is -2.85. The molecule has 1 spiro atoms. The molecule has 2 aliphatic heterocycles. The number of hydrogen-bond acceptors (Lipinski definition) is 5. The number of H-pyrrole nitrogens is 1. The van der Waals surface area contributed by atoms with Crippen molar-refractivity contribution in [2.45, 2.75) is 38.5 Å². The number of likely N-dealkylation sites (tertiary alicyclic amines) is 1. The average Bonchev–Trinajstić information content (AvgIpc) is 3.32. The highest BCUT2D eigenvalue weighted by molar-refractivity contribution is 6.02. The Bertz CT molecular complexity index is 1100. The number of nitriles is 1. The average molecular weight is 420 g/mol. The summed E-state index contributed by atoms with van der Waals surface area (Å²) < 4.78 is 0. The van der Waals surface area contributed by atoms with E-state index in [1.165, 1.54) is 25.7 Å². The highest BCUT2D eigenvalue weighted by Gasteiger charge is 2.44. The minimum absolute atomic E-state index is 0.118. The first-order valence-electron chi connectivity index (χ1n) is 11.4. The molecule has 1 aromatic carbocycles. The van der Waals surface area contributed by atoms with Gasteiger partial charge in [0.05, 0.1) is 11.2 Å². The molecule has 162 valence electrons. The van der Waals surface area contributed by atoms with Crippen LogP contribution in [-0.4, -0.2) is 55.1 Å². The second-order valence-corrected chi connectivity index (χ2v) is 9.34. The van der Waals surface area contributed by atoms with Crippen LogP contribution in [-0.2, 0) is 0 Å². The lowest BCUT2D eigenvalue weighted by Gasteiger charge is -2.34. The third-order valence-electron chi connectivity index (χ3n) is 7.37. The number of fused-ring (bicyclic) bond motifs is 1. The van der Waals surface area contributed by atoms with Crippen molar-refractivity contribution >= 4 is 22.5 Å². The van der Waals surface area contributed by atoms with E-state index in [1.54, 1.807) is 12.1 Å². The fraction of sp³-hybridized carbons (Fsp3) is 0.542. The number of aromatic amines is 1. The summed E-state index contributed by atoms with van der Waals surface area (Å²) in [5, 5.41) is 13.5. The minimum atomic E-state index is -0.362. The maximum Gasteiger partial charge on any atom is 0.268 e. The van der Waals surface area contributed by atoms with Crippen LogP contribution in [0.3, 0.4) is 0 Å². The molecule has 1 aromatic heterocycles. The zero-order chi connectivity index (χ0) is 21.4. The normalized spacial score (nSPS) is 20.2. The van der Waals surface area contributed by atoms with Gasteiger partial charge in [0.15, 0.2) is 0 Å². The number of aromatic nitrogens is 1. The van der Waals surface area contributed by atoms with Gasteiger partial charge in [-0.2, -0.15) is 5.26 Å². The number of nitrogens with one attached hydrogen (secondary N) is 2. The van der Waals surface area contributed by atoms with E-state index in [0.29, 0.717) is 28.7 Å². The van der Waals surface area contributed by atoms with E-state index < -0.39 is 0 Å². The molecule has 5 rings (SSSR count). The number of carbonyl (C=O) groups excluding carboxylic acids is 1. The van der Waals surface area contributed by atoms with Gasteiger partial charge in [-0.1, -0.05) is 0 Å². The van der Waals surface area contributed by atoms with Crippen molar-refractivity contribution in [1.82, 2.24) is 15.2 Å². The maximum atomic E-state index is 12.8. The molecule has 2 saturated heterocycles. The van der Waals surface area contributed by atoms with Crippen molar-refractivity contribution in [3.05, 3.63) is 39.7 Å². The highest BCUT2D eigenvalue weighted by Crippen LogP contribution is 2.54. The van der Waals surface area contributed by atoms with Crippen LogP contribution >= 0.6 is 0 Å². The van der Waals surface area contributed by atoms with E-state index in [0.717, 1.165) is 51.0 Å². The quantitative estimate of drug-likeness (QED) is 0.777. The van der Waals surface area contributed by atoms with Crippen LogP contribution in [0.1, 0.15) is 54.4 Å². The molecule has 0 radical (unpaired) electrons. The fourth-order valence-electron chi connectivity index (χ4n) is 5.17. The number of anilines is 1. The van der Waals surface area contributed by atoms with E-state index in [2.05, 4.69) is 26.2 Å². The summed E-state index contributed by atoms with van der Waals surface area (Å²) in [5.74, 6) is -0.118. The predicted octanol–water partition coefficient (Wildman–Crippen LogP) is 2.61. The Morgan fingerprint density at radius 2 is 1.87 bits per heavy atom. The molecule has 3 aliphatic rings. The summed E-state index contributed by atoms with van der Waals surface area (Å²) in [7, 11) is 0. The van der Waals surface area contributed by atoms with E-state index >= 15 is 0 Å². The highest BCUT2D eigenvalue weighted by atomic mass is 16.1. The van der Waals surface area contributed by atoms with Crippen molar-refractivity contribution < 1.29 is 4.79 Å². The minimum Gasteiger partial charge on any atom is -0.370 e. The fourth-order valence-corrected chi connectivity index (χ4v) is 5.17. The first kappa shape index (κ1) is 20.1. The molecule has 7 heteroatoms. The van der Waals surface area contributed by atoms with Gasteiger partial charge in [0.25, 0.3) is 11.5 Å². The van der Waals surface area contributed by atoms with Gasteiger partial charge < -0.3 is 20.1 Å². The first-order chi connectivity index (χ1) is 15.1. The Labute approximate surface area is 182 Å². The molecule has 3 heterocycles. The molecule has 0 unspecified atom stereocenters. The lowest BCUT2D eigenvalue weighted by molar-refractivity contribution is 0.0950. The molecule has 31 heavy (non-hydrogen) atoms. The second-order valence-electron chi connectivity index (χ2n) is 9.34. The van der Waals surface area contributed by atoms with Gasteiger partial charge in [-0.15, -0.1) is 0 Å². The summed E-state index contributed by atoms with van der Waals surface area (Å²) >= 11 is 0. The number of rotatable bonds is 5. The predicted molar refractivity (Wildman–Crippen MR) is 120 cm³/mol. The van der Waals surface area contributed by atoms with Crippen LogP contribution in [0.4, 0.5) is 5.69 Å². The SMILES string of the molecule is N#Cc1c(N2CCC3(CC2)CC3)c2cc(C(=O)NCCN3CCCC3)ccc2[nH]c1=O. The lowest BCUT2D eigenvalue weighted by Crippen LogP contribution is -2.36. The molecule has 1 amide bonds. The van der Waals surface area contributed by atoms with Gasteiger partial charge in [-0.25, -0.2) is 0 Å². The van der Waals surface area contributed by atoms with Crippen molar-refractivity contribution in [2.75, 3.05) is 44.2 Å². The molecule has 3 fully saturated rings. The van der Waals surface area contributed by atoms with Crippen LogP contribution in [0.5, 0.6) is 0 Å². The van der Waals surface area contributed by atoms with Gasteiger partial charge in [0.1, 0.15) is 11.6 Å². The Morgan fingerprint density at radius 1 is 1.13 bits per heavy atom. The van der Waals surface area contributed by atoms with Gasteiger partial charge in [-0.05, 0) is 75.2 Å². The van der Waals surface area contributed by atoms with E-state index in [-0.39, 0.29) is 17.0 Å². The zero-order valence-electron chi connectivity index (χ0n) is 17.9. The summed E-state index contributed by atoms with van der Waals surface area (Å²) in [6.45, 7) is 5.39. The standard InChI is InChI=1S/C24H29N5O2/c25-16-19-21(29-12-7-24(5-6-24)8-13-29)18-15-17(3-4-20(18)27-23(19)31)22(30)26-9-14-28-10-1-2-11-28/h3-4,15H,1-2,5-14H2,(H,26,30)(H,27,31). The third-order valence-corrected chi connectivity index (χ3v) is 7.37. The van der Waals surface area contributed by atoms with Gasteiger partial charge in [0.2, 0.25) is 0 Å². The molecular weight excluding hydrogens is 390 g/mol. The van der Waals surface area contributed by atoms with Crippen LogP contribution in [0.2, 0.25) is 0 Å². The van der Waals surface area contributed by atoms with E-state index in [9.17, 15) is 14.9 Å². The van der Waals surface area contributed by atoms with Gasteiger partial charge >= 0.3 is 0 Å². The maximum absolute atomic E-state index is 12.8. The molecule has 1 saturated carbocycles. The molecule has 1 aliphatic carbocycles. The molecule has 2 N–H and O–H groups in total. The van der Waals surface area contributed by atoms with Crippen molar-refractivity contribution in [2.24, 2.45) is 5.41 Å². The van der Waals surface area contributed by atoms with Gasteiger partial charge in [-0.3, -0.25) is 9.59 Å². The number of amides is 1. The molecule has 0 atom stereocenters. The number of carbonyl (C=O) groups is 1. The van der Waals surface area contributed by atoms with Crippen LogP contribution < -0.4 is 15.8 Å².